The summed E-state index contributed by atoms with van der Waals surface area (Å²) in [5, 5.41) is 5.38. The minimum atomic E-state index is -0.596. The second-order valence-corrected chi connectivity index (χ2v) is 5.97. The van der Waals surface area contributed by atoms with E-state index in [1.165, 1.54) is 12.1 Å². The summed E-state index contributed by atoms with van der Waals surface area (Å²) in [6.45, 7) is 5.01. The number of anilines is 2. The molecule has 0 heterocycles. The fraction of sp³-hybridized carbons (Fsp3) is 0.263. The number of rotatable bonds is 7. The lowest BCUT2D eigenvalue weighted by atomic mass is 10.1. The van der Waals surface area contributed by atoms with Gasteiger partial charge in [0.05, 0.1) is 17.3 Å². The maximum atomic E-state index is 13.8. The molecule has 2 amide bonds. The largest absolute Gasteiger partial charge is 0.374 e. The van der Waals surface area contributed by atoms with E-state index in [-0.39, 0.29) is 29.1 Å². The highest BCUT2D eigenvalue weighted by Gasteiger charge is 2.12. The highest BCUT2D eigenvalue weighted by atomic mass is 35.5. The van der Waals surface area contributed by atoms with Gasteiger partial charge in [-0.1, -0.05) is 17.7 Å². The molecule has 138 valence electrons. The summed E-state index contributed by atoms with van der Waals surface area (Å²) < 4.78 is 13.8. The van der Waals surface area contributed by atoms with Gasteiger partial charge in [0.25, 0.3) is 5.91 Å². The number of carbonyl (C=O) groups is 2. The molecule has 26 heavy (non-hydrogen) atoms. The Morgan fingerprint density at radius 1 is 1.08 bits per heavy atom. The lowest BCUT2D eigenvalue weighted by Gasteiger charge is -2.18. The van der Waals surface area contributed by atoms with Gasteiger partial charge in [0, 0.05) is 24.3 Å². The van der Waals surface area contributed by atoms with Crippen LogP contribution in [0, 0.1) is 5.82 Å². The maximum absolute atomic E-state index is 13.8. The third-order valence-corrected chi connectivity index (χ3v) is 4.15. The van der Waals surface area contributed by atoms with Gasteiger partial charge in [0.15, 0.2) is 5.82 Å². The van der Waals surface area contributed by atoms with Crippen LogP contribution in [-0.4, -0.2) is 36.3 Å². The van der Waals surface area contributed by atoms with Crippen LogP contribution in [0.4, 0.5) is 15.8 Å². The van der Waals surface area contributed by atoms with Crippen molar-refractivity contribution in [3.05, 3.63) is 58.9 Å². The first-order valence-electron chi connectivity index (χ1n) is 8.33. The monoisotopic (exact) mass is 377 g/mol. The van der Waals surface area contributed by atoms with E-state index in [4.69, 9.17) is 11.6 Å². The van der Waals surface area contributed by atoms with Gasteiger partial charge in [-0.25, -0.2) is 4.39 Å². The van der Waals surface area contributed by atoms with Crippen LogP contribution in [0.2, 0.25) is 5.02 Å². The maximum Gasteiger partial charge on any atom is 0.253 e. The predicted octanol–water partition coefficient (Wildman–Crippen LogP) is 4.01. The minimum Gasteiger partial charge on any atom is -0.374 e. The second-order valence-electron chi connectivity index (χ2n) is 5.56. The average molecular weight is 378 g/mol. The van der Waals surface area contributed by atoms with Crippen LogP contribution < -0.4 is 10.6 Å². The van der Waals surface area contributed by atoms with Crippen molar-refractivity contribution in [2.24, 2.45) is 0 Å². The van der Waals surface area contributed by atoms with Crippen molar-refractivity contribution in [3.8, 4) is 0 Å². The topological polar surface area (TPSA) is 61.4 Å². The summed E-state index contributed by atoms with van der Waals surface area (Å²) in [6.07, 6.45) is 0. The van der Waals surface area contributed by atoms with E-state index in [0.717, 1.165) is 0 Å². The Morgan fingerprint density at radius 2 is 1.73 bits per heavy atom. The molecular formula is C19H21ClFN3O2. The van der Waals surface area contributed by atoms with Crippen molar-refractivity contribution in [3.63, 3.8) is 0 Å². The van der Waals surface area contributed by atoms with Gasteiger partial charge >= 0.3 is 0 Å². The van der Waals surface area contributed by atoms with Gasteiger partial charge in [-0.15, -0.1) is 0 Å². The molecule has 0 bridgehead atoms. The summed E-state index contributed by atoms with van der Waals surface area (Å²) in [6, 6.07) is 11.2. The SMILES string of the molecule is CCN(CC)C(=O)c1ccc(NC(=O)CNc2cccc(Cl)c2F)cc1. The first-order valence-corrected chi connectivity index (χ1v) is 8.71. The van der Waals surface area contributed by atoms with Crippen LogP contribution in [0.1, 0.15) is 24.2 Å². The lowest BCUT2D eigenvalue weighted by Crippen LogP contribution is -2.30. The molecule has 0 spiro atoms. The Balaban J connectivity index is 1.93. The molecule has 0 saturated carbocycles. The summed E-state index contributed by atoms with van der Waals surface area (Å²) in [4.78, 5) is 26.0. The molecule has 5 nitrogen and oxygen atoms in total. The van der Waals surface area contributed by atoms with Crippen LogP contribution in [0.25, 0.3) is 0 Å². The van der Waals surface area contributed by atoms with Crippen LogP contribution in [0.3, 0.4) is 0 Å². The minimum absolute atomic E-state index is 0.0103. The highest BCUT2D eigenvalue weighted by molar-refractivity contribution is 6.31. The standard InChI is InChI=1S/C19H21ClFN3O2/c1-3-24(4-2)19(26)13-8-10-14(11-9-13)23-17(25)12-22-16-7-5-6-15(20)18(16)21/h5-11,22H,3-4,12H2,1-2H3,(H,23,25). The average Bonchev–Trinajstić information content (AvgIpc) is 2.64. The predicted molar refractivity (Wildman–Crippen MR) is 102 cm³/mol. The van der Waals surface area contributed by atoms with E-state index >= 15 is 0 Å². The van der Waals surface area contributed by atoms with Gasteiger partial charge < -0.3 is 15.5 Å². The molecule has 2 N–H and O–H groups in total. The Labute approximate surface area is 157 Å². The summed E-state index contributed by atoms with van der Waals surface area (Å²) in [5.41, 5.74) is 1.28. The van der Waals surface area contributed by atoms with Crippen molar-refractivity contribution in [1.29, 1.82) is 0 Å². The van der Waals surface area contributed by atoms with Gasteiger partial charge in [-0.3, -0.25) is 9.59 Å². The van der Waals surface area contributed by atoms with Gasteiger partial charge in [0.2, 0.25) is 5.91 Å². The molecule has 0 aromatic heterocycles. The fourth-order valence-electron chi connectivity index (χ4n) is 2.41. The van der Waals surface area contributed by atoms with Gasteiger partial charge in [-0.2, -0.15) is 0 Å². The summed E-state index contributed by atoms with van der Waals surface area (Å²) in [7, 11) is 0. The molecule has 7 heteroatoms. The molecule has 0 aliphatic heterocycles. The van der Waals surface area contributed by atoms with E-state index in [1.54, 1.807) is 35.2 Å². The third-order valence-electron chi connectivity index (χ3n) is 3.86. The fourth-order valence-corrected chi connectivity index (χ4v) is 2.59. The van der Waals surface area contributed by atoms with E-state index in [9.17, 15) is 14.0 Å². The number of hydrogen-bond donors (Lipinski definition) is 2. The van der Waals surface area contributed by atoms with Crippen LogP contribution in [-0.2, 0) is 4.79 Å². The van der Waals surface area contributed by atoms with Crippen molar-refractivity contribution in [2.75, 3.05) is 30.3 Å². The van der Waals surface area contributed by atoms with E-state index in [0.29, 0.717) is 24.3 Å². The third kappa shape index (κ3) is 4.95. The molecule has 0 unspecified atom stereocenters. The summed E-state index contributed by atoms with van der Waals surface area (Å²) >= 11 is 5.70. The Morgan fingerprint density at radius 3 is 2.35 bits per heavy atom. The Bertz CT molecular complexity index is 777. The molecule has 2 aromatic rings. The van der Waals surface area contributed by atoms with Crippen molar-refractivity contribution >= 4 is 34.8 Å². The van der Waals surface area contributed by atoms with Crippen LogP contribution in [0.5, 0.6) is 0 Å². The number of nitrogens with one attached hydrogen (secondary N) is 2. The van der Waals surface area contributed by atoms with Crippen LogP contribution in [0.15, 0.2) is 42.5 Å². The van der Waals surface area contributed by atoms with Gasteiger partial charge in [0.1, 0.15) is 0 Å². The zero-order valence-electron chi connectivity index (χ0n) is 14.7. The highest BCUT2D eigenvalue weighted by Crippen LogP contribution is 2.21. The van der Waals surface area contributed by atoms with Crippen molar-refractivity contribution in [2.45, 2.75) is 13.8 Å². The quantitative estimate of drug-likeness (QED) is 0.766. The molecule has 0 aliphatic carbocycles. The number of benzene rings is 2. The molecule has 2 rings (SSSR count). The number of nitrogens with zero attached hydrogens (tertiary/aromatic N) is 1. The Hall–Kier alpha value is -2.60. The molecule has 0 saturated heterocycles. The zero-order valence-corrected chi connectivity index (χ0v) is 15.4. The smallest absolute Gasteiger partial charge is 0.253 e. The van der Waals surface area contributed by atoms with Crippen molar-refractivity contribution in [1.82, 2.24) is 4.90 Å². The molecule has 0 aliphatic rings. The molecule has 0 fully saturated rings. The van der Waals surface area contributed by atoms with Crippen molar-refractivity contribution < 1.29 is 14.0 Å². The normalized spacial score (nSPS) is 10.3. The molecule has 0 atom stereocenters. The number of halogens is 2. The first kappa shape index (κ1) is 19.7. The lowest BCUT2D eigenvalue weighted by molar-refractivity contribution is -0.114. The number of hydrogen-bond acceptors (Lipinski definition) is 3. The van der Waals surface area contributed by atoms with E-state index in [2.05, 4.69) is 10.6 Å². The zero-order chi connectivity index (χ0) is 19.1. The first-order chi connectivity index (χ1) is 12.5. The van der Waals surface area contributed by atoms with E-state index in [1.807, 2.05) is 13.8 Å². The van der Waals surface area contributed by atoms with E-state index < -0.39 is 5.82 Å². The second kappa shape index (κ2) is 9.20. The molecular weight excluding hydrogens is 357 g/mol. The number of carbonyl (C=O) groups excluding carboxylic acids is 2. The number of amides is 2. The summed E-state index contributed by atoms with van der Waals surface area (Å²) in [5.74, 6) is -0.987. The molecule has 0 radical (unpaired) electrons. The van der Waals surface area contributed by atoms with Crippen LogP contribution >= 0.6 is 11.6 Å². The molecule has 2 aromatic carbocycles. The van der Waals surface area contributed by atoms with Gasteiger partial charge in [-0.05, 0) is 50.2 Å². The Kier molecular flexibility index (Phi) is 6.97.